The second-order valence-electron chi connectivity index (χ2n) is 11.9. The lowest BCUT2D eigenvalue weighted by molar-refractivity contribution is -0.159. The molecule has 4 atom stereocenters. The first kappa shape index (κ1) is 31.5. The number of rotatable bonds is 0. The number of nitrogens with zero attached hydrogens (tertiary/aromatic N) is 2. The van der Waals surface area contributed by atoms with Crippen molar-refractivity contribution < 1.29 is 48.3 Å². The Morgan fingerprint density at radius 3 is 1.24 bits per heavy atom. The highest BCUT2D eigenvalue weighted by Crippen LogP contribution is 2.41. The van der Waals surface area contributed by atoms with Crippen molar-refractivity contribution in [2.45, 2.75) is 88.9 Å². The van der Waals surface area contributed by atoms with Crippen LogP contribution < -0.4 is 11.5 Å². The Labute approximate surface area is 222 Å². The van der Waals surface area contributed by atoms with Gasteiger partial charge in [0.05, 0.1) is 26.3 Å². The number of carbonyl (C=O) groups is 4. The summed E-state index contributed by atoms with van der Waals surface area (Å²) >= 11 is 0. The van der Waals surface area contributed by atoms with Crippen molar-refractivity contribution in [2.75, 3.05) is 39.4 Å². The first-order valence-electron chi connectivity index (χ1n) is 12.5. The number of carboxylic acid groups (broad SMARTS) is 2. The molecule has 0 bridgehead atoms. The summed E-state index contributed by atoms with van der Waals surface area (Å²) in [7, 11) is 0. The van der Waals surface area contributed by atoms with Crippen molar-refractivity contribution in [1.82, 2.24) is 9.80 Å². The molecule has 4 aliphatic rings. The van der Waals surface area contributed by atoms with Gasteiger partial charge in [0.15, 0.2) is 0 Å². The highest BCUT2D eigenvalue weighted by atomic mass is 16.6. The quantitative estimate of drug-likeness (QED) is 0.308. The minimum absolute atomic E-state index is 0.0673. The molecule has 2 heterocycles. The van der Waals surface area contributed by atoms with Gasteiger partial charge in [0.1, 0.15) is 22.4 Å². The molecular formula is C24H42N4O10. The number of aliphatic carboxylic acids is 2. The fourth-order valence-corrected chi connectivity index (χ4v) is 3.90. The molecule has 4 unspecified atom stereocenters. The normalized spacial score (nSPS) is 29.8. The summed E-state index contributed by atoms with van der Waals surface area (Å²) in [5.74, 6) is -3.65. The average Bonchev–Trinajstić information content (AvgIpc) is 3.60. The molecule has 2 saturated carbocycles. The minimum Gasteiger partial charge on any atom is -0.473 e. The molecule has 6 N–H and O–H groups in total. The summed E-state index contributed by atoms with van der Waals surface area (Å²) in [5, 5.41) is 14.8. The largest absolute Gasteiger partial charge is 0.473 e. The van der Waals surface area contributed by atoms with Crippen LogP contribution >= 0.6 is 0 Å². The summed E-state index contributed by atoms with van der Waals surface area (Å²) in [4.78, 5) is 45.3. The number of amides is 2. The Bertz CT molecular complexity index is 830. The van der Waals surface area contributed by atoms with E-state index in [0.717, 1.165) is 12.8 Å². The lowest BCUT2D eigenvalue weighted by Crippen LogP contribution is -2.50. The Kier molecular flexibility index (Phi) is 9.62. The molecule has 14 heteroatoms. The van der Waals surface area contributed by atoms with Gasteiger partial charge < -0.3 is 50.4 Å². The highest BCUT2D eigenvalue weighted by Gasteiger charge is 2.57. The van der Waals surface area contributed by atoms with E-state index in [1.807, 2.05) is 41.5 Å². The molecule has 2 spiro atoms. The van der Waals surface area contributed by atoms with Crippen molar-refractivity contribution in [3.8, 4) is 0 Å². The maximum absolute atomic E-state index is 11.8. The Morgan fingerprint density at radius 2 is 1.03 bits per heavy atom. The molecule has 218 valence electrons. The fraction of sp³-hybridized carbons (Fsp3) is 0.833. The van der Waals surface area contributed by atoms with E-state index in [-0.39, 0.29) is 35.5 Å². The zero-order chi connectivity index (χ0) is 29.1. The van der Waals surface area contributed by atoms with Gasteiger partial charge >= 0.3 is 24.1 Å². The van der Waals surface area contributed by atoms with E-state index in [2.05, 4.69) is 0 Å². The second kappa shape index (κ2) is 11.6. The fourth-order valence-electron chi connectivity index (χ4n) is 3.90. The topological polar surface area (TPSA) is 204 Å². The second-order valence-corrected chi connectivity index (χ2v) is 11.9. The average molecular weight is 547 g/mol. The van der Waals surface area contributed by atoms with Gasteiger partial charge in [0, 0.05) is 25.2 Å². The van der Waals surface area contributed by atoms with Crippen molar-refractivity contribution in [3.63, 3.8) is 0 Å². The van der Waals surface area contributed by atoms with Crippen molar-refractivity contribution in [2.24, 2.45) is 11.5 Å². The third kappa shape index (κ3) is 9.26. The molecule has 14 nitrogen and oxygen atoms in total. The molecule has 2 saturated heterocycles. The third-order valence-corrected chi connectivity index (χ3v) is 6.07. The lowest BCUT2D eigenvalue weighted by atomic mass is 10.2. The van der Waals surface area contributed by atoms with Gasteiger partial charge in [-0.05, 0) is 54.4 Å². The van der Waals surface area contributed by atoms with E-state index in [1.54, 1.807) is 9.80 Å². The molecule has 0 aromatic carbocycles. The van der Waals surface area contributed by atoms with E-state index in [4.69, 9.17) is 50.2 Å². The Balaban J connectivity index is 0.000000221. The molecule has 0 aromatic rings. The van der Waals surface area contributed by atoms with Gasteiger partial charge in [-0.25, -0.2) is 19.2 Å². The first-order chi connectivity index (χ1) is 17.3. The van der Waals surface area contributed by atoms with E-state index in [9.17, 15) is 9.59 Å². The van der Waals surface area contributed by atoms with Crippen LogP contribution in [-0.2, 0) is 28.5 Å². The first-order valence-corrected chi connectivity index (χ1v) is 12.5. The zero-order valence-electron chi connectivity index (χ0n) is 23.0. The molecule has 4 rings (SSSR count). The van der Waals surface area contributed by atoms with E-state index < -0.39 is 23.1 Å². The molecule has 2 aliphatic heterocycles. The van der Waals surface area contributed by atoms with Crippen molar-refractivity contribution in [3.05, 3.63) is 0 Å². The van der Waals surface area contributed by atoms with Crippen LogP contribution in [-0.4, -0.2) is 118 Å². The van der Waals surface area contributed by atoms with Gasteiger partial charge in [0.2, 0.25) is 0 Å². The summed E-state index contributed by atoms with van der Waals surface area (Å²) in [6.07, 6.45) is 1.14. The van der Waals surface area contributed by atoms with Crippen molar-refractivity contribution >= 4 is 24.1 Å². The number of hydrogen-bond acceptors (Lipinski definition) is 10. The number of nitrogens with two attached hydrogens (primary N) is 2. The molecule has 0 radical (unpaired) electrons. The van der Waals surface area contributed by atoms with Crippen LogP contribution in [0.3, 0.4) is 0 Å². The Hall–Kier alpha value is -2.68. The summed E-state index contributed by atoms with van der Waals surface area (Å²) in [6, 6.07) is 0.135. The van der Waals surface area contributed by atoms with E-state index in [0.29, 0.717) is 39.4 Å². The van der Waals surface area contributed by atoms with E-state index in [1.165, 1.54) is 0 Å². The zero-order valence-corrected chi connectivity index (χ0v) is 23.0. The van der Waals surface area contributed by atoms with Crippen LogP contribution in [0.5, 0.6) is 0 Å². The predicted octanol–water partition coefficient (Wildman–Crippen LogP) is 0.603. The molecule has 38 heavy (non-hydrogen) atoms. The highest BCUT2D eigenvalue weighted by molar-refractivity contribution is 6.27. The summed E-state index contributed by atoms with van der Waals surface area (Å²) < 4.78 is 21.9. The number of carboxylic acids is 2. The number of hydrogen-bond donors (Lipinski definition) is 4. The molecule has 0 aromatic heterocycles. The van der Waals surface area contributed by atoms with Gasteiger partial charge in [0.25, 0.3) is 0 Å². The van der Waals surface area contributed by atoms with Gasteiger partial charge in [-0.2, -0.15) is 0 Å². The van der Waals surface area contributed by atoms with E-state index >= 15 is 0 Å². The number of ether oxygens (including phenoxy) is 4. The Morgan fingerprint density at radius 1 is 0.737 bits per heavy atom. The predicted molar refractivity (Wildman–Crippen MR) is 133 cm³/mol. The molecule has 4 fully saturated rings. The van der Waals surface area contributed by atoms with Gasteiger partial charge in [-0.1, -0.05) is 0 Å². The smallest absolute Gasteiger partial charge is 0.414 e. The van der Waals surface area contributed by atoms with Crippen molar-refractivity contribution in [1.29, 1.82) is 0 Å². The van der Waals surface area contributed by atoms with Gasteiger partial charge in [-0.3, -0.25) is 0 Å². The third-order valence-electron chi connectivity index (χ3n) is 6.07. The van der Waals surface area contributed by atoms with Crippen LogP contribution in [0.15, 0.2) is 0 Å². The standard InChI is InChI=1S/2C11H20N2O3.C2H2O4/c2*1-10(2,3)16-9(14)13-4-5-15-11(7-13)6-8(11)12;3-1(4)2(5)6/h2*8H,4-7,12H2,1-3H3;(H,3,4)(H,5,6). The monoisotopic (exact) mass is 546 g/mol. The molecular weight excluding hydrogens is 504 g/mol. The van der Waals surface area contributed by atoms with Crippen LogP contribution in [0, 0.1) is 0 Å². The minimum atomic E-state index is -1.82. The maximum Gasteiger partial charge on any atom is 0.414 e. The molecule has 2 aliphatic carbocycles. The number of carbonyl (C=O) groups excluding carboxylic acids is 2. The summed E-state index contributed by atoms with van der Waals surface area (Å²) in [5.41, 5.74) is 10.2. The van der Waals surface area contributed by atoms with Crippen LogP contribution in [0.25, 0.3) is 0 Å². The maximum atomic E-state index is 11.8. The number of morpholine rings is 2. The molecule has 2 amide bonds. The lowest BCUT2D eigenvalue weighted by Gasteiger charge is -2.34. The van der Waals surface area contributed by atoms with Gasteiger partial charge in [-0.15, -0.1) is 0 Å². The van der Waals surface area contributed by atoms with Crippen LogP contribution in [0.4, 0.5) is 9.59 Å². The van der Waals surface area contributed by atoms with Crippen LogP contribution in [0.1, 0.15) is 54.4 Å². The SMILES string of the molecule is CC(C)(C)OC(=O)N1CCOC2(CC2N)C1.CC(C)(C)OC(=O)N1CCOC2(CC2N)C1.O=C(O)C(=O)O. The van der Waals surface area contributed by atoms with Crippen LogP contribution in [0.2, 0.25) is 0 Å². The summed E-state index contributed by atoms with van der Waals surface area (Å²) in [6.45, 7) is 14.6.